The number of benzene rings is 1. The summed E-state index contributed by atoms with van der Waals surface area (Å²) in [6, 6.07) is 10.9. The lowest BCUT2D eigenvalue weighted by molar-refractivity contribution is 0.255. The van der Waals surface area contributed by atoms with Gasteiger partial charge >= 0.3 is 0 Å². The molecule has 80 valence electrons. The van der Waals surface area contributed by atoms with Gasteiger partial charge in [0.1, 0.15) is 0 Å². The fourth-order valence-corrected chi connectivity index (χ4v) is 3.94. The lowest BCUT2D eigenvalue weighted by Gasteiger charge is -2.38. The minimum Gasteiger partial charge on any atom is -0.325 e. The Bertz CT molecular complexity index is 355. The summed E-state index contributed by atoms with van der Waals surface area (Å²) in [6.07, 6.45) is 4.09. The van der Waals surface area contributed by atoms with Crippen LogP contribution in [-0.2, 0) is 0 Å². The first-order valence-corrected chi connectivity index (χ1v) is 6.03. The Balaban J connectivity index is 2.00. The van der Waals surface area contributed by atoms with E-state index < -0.39 is 0 Å². The summed E-state index contributed by atoms with van der Waals surface area (Å²) in [4.78, 5) is 0. The van der Waals surface area contributed by atoms with Crippen molar-refractivity contribution in [2.24, 2.45) is 17.6 Å². The van der Waals surface area contributed by atoms with Gasteiger partial charge in [-0.3, -0.25) is 0 Å². The lowest BCUT2D eigenvalue weighted by atomic mass is 9.71. The fourth-order valence-electron chi connectivity index (χ4n) is 3.94. The molecular formula is C14H19N. The van der Waals surface area contributed by atoms with E-state index in [2.05, 4.69) is 37.3 Å². The van der Waals surface area contributed by atoms with E-state index in [1.165, 1.54) is 24.8 Å². The summed E-state index contributed by atoms with van der Waals surface area (Å²) in [5.41, 5.74) is 8.02. The molecule has 0 aliphatic heterocycles. The minimum absolute atomic E-state index is 0.0320. The Morgan fingerprint density at radius 2 is 1.93 bits per heavy atom. The zero-order valence-corrected chi connectivity index (χ0v) is 9.32. The summed E-state index contributed by atoms with van der Waals surface area (Å²) in [5.74, 6) is 2.19. The molecule has 0 radical (unpaired) electrons. The van der Waals surface area contributed by atoms with Crippen LogP contribution in [-0.4, -0.2) is 5.54 Å². The molecule has 2 N–H and O–H groups in total. The van der Waals surface area contributed by atoms with Crippen LogP contribution in [0.1, 0.15) is 37.7 Å². The molecule has 0 aromatic heterocycles. The van der Waals surface area contributed by atoms with Crippen molar-refractivity contribution in [3.8, 4) is 0 Å². The molecule has 3 rings (SSSR count). The third-order valence-electron chi connectivity index (χ3n) is 4.65. The van der Waals surface area contributed by atoms with E-state index in [4.69, 9.17) is 5.73 Å². The van der Waals surface area contributed by atoms with E-state index >= 15 is 0 Å². The molecule has 0 amide bonds. The molecule has 4 atom stereocenters. The Kier molecular flexibility index (Phi) is 1.93. The molecule has 2 fully saturated rings. The molecule has 1 aromatic rings. The van der Waals surface area contributed by atoms with Gasteiger partial charge in [-0.05, 0) is 43.6 Å². The molecular weight excluding hydrogens is 182 g/mol. The molecule has 1 aromatic carbocycles. The normalized spacial score (nSPS) is 43.5. The van der Waals surface area contributed by atoms with Gasteiger partial charge in [-0.2, -0.15) is 0 Å². The molecule has 1 heteroatoms. The molecule has 0 heterocycles. The highest BCUT2D eigenvalue weighted by atomic mass is 14.8. The number of rotatable bonds is 1. The van der Waals surface area contributed by atoms with Gasteiger partial charge in [-0.15, -0.1) is 0 Å². The predicted octanol–water partition coefficient (Wildman–Crippen LogP) is 2.92. The third-order valence-corrected chi connectivity index (χ3v) is 4.65. The predicted molar refractivity (Wildman–Crippen MR) is 62.6 cm³/mol. The Morgan fingerprint density at radius 3 is 2.53 bits per heavy atom. The monoisotopic (exact) mass is 201 g/mol. The molecule has 2 aliphatic carbocycles. The summed E-state index contributed by atoms with van der Waals surface area (Å²) in [5, 5.41) is 0. The highest BCUT2D eigenvalue weighted by Crippen LogP contribution is 2.57. The van der Waals surface area contributed by atoms with Crippen LogP contribution in [0.5, 0.6) is 0 Å². The van der Waals surface area contributed by atoms with Gasteiger partial charge < -0.3 is 5.73 Å². The van der Waals surface area contributed by atoms with E-state index in [-0.39, 0.29) is 5.54 Å². The number of hydrogen-bond donors (Lipinski definition) is 1. The Labute approximate surface area is 91.7 Å². The zero-order chi connectivity index (χ0) is 10.5. The maximum atomic E-state index is 6.54. The highest BCUT2D eigenvalue weighted by molar-refractivity contribution is 5.29. The van der Waals surface area contributed by atoms with Crippen molar-refractivity contribution >= 4 is 0 Å². The van der Waals surface area contributed by atoms with Crippen LogP contribution in [0.2, 0.25) is 0 Å². The molecule has 0 spiro atoms. The quantitative estimate of drug-likeness (QED) is 0.742. The van der Waals surface area contributed by atoms with Gasteiger partial charge in [0.05, 0.1) is 0 Å². The third kappa shape index (κ3) is 1.26. The van der Waals surface area contributed by atoms with Gasteiger partial charge in [0, 0.05) is 11.5 Å². The van der Waals surface area contributed by atoms with Crippen molar-refractivity contribution in [2.45, 2.75) is 37.6 Å². The Morgan fingerprint density at radius 1 is 1.20 bits per heavy atom. The molecule has 2 bridgehead atoms. The average Bonchev–Trinajstić information content (AvgIpc) is 2.76. The Hall–Kier alpha value is -0.820. The van der Waals surface area contributed by atoms with Crippen molar-refractivity contribution in [3.05, 3.63) is 35.9 Å². The van der Waals surface area contributed by atoms with Gasteiger partial charge in [0.2, 0.25) is 0 Å². The maximum Gasteiger partial charge on any atom is 0.0226 e. The SMILES string of the molecule is CC1(N)C2CCC(C2)C1c1ccccc1. The average molecular weight is 201 g/mol. The zero-order valence-electron chi connectivity index (χ0n) is 9.32. The second-order valence-electron chi connectivity index (χ2n) is 5.52. The first-order chi connectivity index (χ1) is 7.19. The van der Waals surface area contributed by atoms with Crippen molar-refractivity contribution in [1.82, 2.24) is 0 Å². The molecule has 4 unspecified atom stereocenters. The number of nitrogens with two attached hydrogens (primary N) is 1. The smallest absolute Gasteiger partial charge is 0.0226 e. The van der Waals surface area contributed by atoms with Crippen LogP contribution in [0.15, 0.2) is 30.3 Å². The van der Waals surface area contributed by atoms with E-state index in [1.54, 1.807) is 0 Å². The number of fused-ring (bicyclic) bond motifs is 2. The van der Waals surface area contributed by atoms with E-state index in [0.29, 0.717) is 5.92 Å². The van der Waals surface area contributed by atoms with Crippen molar-refractivity contribution < 1.29 is 0 Å². The maximum absolute atomic E-state index is 6.54. The van der Waals surface area contributed by atoms with Crippen LogP contribution in [0.3, 0.4) is 0 Å². The highest BCUT2D eigenvalue weighted by Gasteiger charge is 2.53. The minimum atomic E-state index is 0.0320. The second kappa shape index (κ2) is 3.08. The largest absolute Gasteiger partial charge is 0.325 e. The number of hydrogen-bond acceptors (Lipinski definition) is 1. The van der Waals surface area contributed by atoms with Crippen LogP contribution in [0.4, 0.5) is 0 Å². The molecule has 0 saturated heterocycles. The summed E-state index contributed by atoms with van der Waals surface area (Å²) in [6.45, 7) is 2.26. The summed E-state index contributed by atoms with van der Waals surface area (Å²) >= 11 is 0. The molecule has 1 nitrogen and oxygen atoms in total. The van der Waals surface area contributed by atoms with Crippen molar-refractivity contribution in [1.29, 1.82) is 0 Å². The van der Waals surface area contributed by atoms with Crippen LogP contribution in [0.25, 0.3) is 0 Å². The van der Waals surface area contributed by atoms with Gasteiger partial charge in [0.25, 0.3) is 0 Å². The summed E-state index contributed by atoms with van der Waals surface area (Å²) in [7, 11) is 0. The second-order valence-corrected chi connectivity index (χ2v) is 5.52. The molecule has 2 aliphatic rings. The first kappa shape index (κ1) is 9.41. The topological polar surface area (TPSA) is 26.0 Å². The fraction of sp³-hybridized carbons (Fsp3) is 0.571. The van der Waals surface area contributed by atoms with Gasteiger partial charge in [0.15, 0.2) is 0 Å². The van der Waals surface area contributed by atoms with Crippen LogP contribution >= 0.6 is 0 Å². The standard InChI is InChI=1S/C14H19N/c1-14(15)12-8-7-11(9-12)13(14)10-5-3-2-4-6-10/h2-6,11-13H,7-9,15H2,1H3. The van der Waals surface area contributed by atoms with Crippen LogP contribution < -0.4 is 5.73 Å². The van der Waals surface area contributed by atoms with Crippen molar-refractivity contribution in [2.75, 3.05) is 0 Å². The van der Waals surface area contributed by atoms with E-state index in [9.17, 15) is 0 Å². The van der Waals surface area contributed by atoms with E-state index in [0.717, 1.165) is 11.8 Å². The van der Waals surface area contributed by atoms with Gasteiger partial charge in [-0.25, -0.2) is 0 Å². The summed E-state index contributed by atoms with van der Waals surface area (Å²) < 4.78 is 0. The van der Waals surface area contributed by atoms with Crippen molar-refractivity contribution in [3.63, 3.8) is 0 Å². The first-order valence-electron chi connectivity index (χ1n) is 6.03. The van der Waals surface area contributed by atoms with Crippen LogP contribution in [0, 0.1) is 11.8 Å². The molecule has 15 heavy (non-hydrogen) atoms. The van der Waals surface area contributed by atoms with E-state index in [1.807, 2.05) is 0 Å². The molecule has 2 saturated carbocycles. The van der Waals surface area contributed by atoms with Gasteiger partial charge in [-0.1, -0.05) is 30.3 Å². The lowest BCUT2D eigenvalue weighted by Crippen LogP contribution is -2.47.